The Balaban J connectivity index is 1.63. The second-order valence-corrected chi connectivity index (χ2v) is 10.9. The van der Waals surface area contributed by atoms with Crippen molar-refractivity contribution in [3.8, 4) is 5.75 Å². The highest BCUT2D eigenvalue weighted by atomic mass is 79.9. The van der Waals surface area contributed by atoms with Gasteiger partial charge in [-0.2, -0.15) is 8.78 Å². The molecular formula is C28H28BrF2N3O3. The van der Waals surface area contributed by atoms with Crippen LogP contribution in [-0.2, 0) is 33.3 Å². The van der Waals surface area contributed by atoms with Crippen LogP contribution < -0.4 is 9.64 Å². The maximum atomic E-state index is 13.3. The molecular weight excluding hydrogens is 544 g/mol. The van der Waals surface area contributed by atoms with Crippen molar-refractivity contribution in [3.63, 3.8) is 0 Å². The third-order valence-corrected chi connectivity index (χ3v) is 8.33. The lowest BCUT2D eigenvalue weighted by Gasteiger charge is -2.45. The predicted octanol–water partition coefficient (Wildman–Crippen LogP) is 5.55. The van der Waals surface area contributed by atoms with Gasteiger partial charge in [-0.3, -0.25) is 19.5 Å². The van der Waals surface area contributed by atoms with Crippen LogP contribution in [0.3, 0.4) is 0 Å². The van der Waals surface area contributed by atoms with Crippen LogP contribution in [0.4, 0.5) is 20.2 Å². The van der Waals surface area contributed by atoms with E-state index < -0.39 is 36.3 Å². The molecule has 0 aromatic heterocycles. The van der Waals surface area contributed by atoms with Crippen molar-refractivity contribution in [1.29, 1.82) is 0 Å². The van der Waals surface area contributed by atoms with E-state index in [9.17, 15) is 18.4 Å². The van der Waals surface area contributed by atoms with Crippen molar-refractivity contribution in [2.75, 3.05) is 25.0 Å². The molecule has 3 aliphatic rings. The number of nitrogens with zero attached hydrogens (tertiary/aromatic N) is 3. The Bertz CT molecular complexity index is 1340. The van der Waals surface area contributed by atoms with Gasteiger partial charge in [-0.1, -0.05) is 46.3 Å². The smallest absolute Gasteiger partial charge is 0.315 e. The lowest BCUT2D eigenvalue weighted by atomic mass is 9.77. The molecule has 1 aliphatic carbocycles. The van der Waals surface area contributed by atoms with Gasteiger partial charge < -0.3 is 9.64 Å². The van der Waals surface area contributed by atoms with Crippen LogP contribution in [0.1, 0.15) is 48.1 Å². The number of benzene rings is 2. The lowest BCUT2D eigenvalue weighted by molar-refractivity contribution is -0.133. The first-order valence-corrected chi connectivity index (χ1v) is 13.3. The highest BCUT2D eigenvalue weighted by molar-refractivity contribution is 9.08. The van der Waals surface area contributed by atoms with Crippen molar-refractivity contribution in [2.24, 2.45) is 4.99 Å². The van der Waals surface area contributed by atoms with Gasteiger partial charge in [0.15, 0.2) is 5.75 Å². The molecule has 1 atom stereocenters. The van der Waals surface area contributed by atoms with Crippen molar-refractivity contribution >= 4 is 51.7 Å². The van der Waals surface area contributed by atoms with Gasteiger partial charge in [0.2, 0.25) is 5.72 Å². The molecule has 0 bridgehead atoms. The summed E-state index contributed by atoms with van der Waals surface area (Å²) >= 11 is 3.54. The third-order valence-electron chi connectivity index (χ3n) is 7.68. The van der Waals surface area contributed by atoms with Crippen LogP contribution in [-0.4, -0.2) is 49.1 Å². The van der Waals surface area contributed by atoms with Crippen LogP contribution in [0.2, 0.25) is 0 Å². The van der Waals surface area contributed by atoms with Crippen LogP contribution in [0.15, 0.2) is 35.3 Å². The lowest BCUT2D eigenvalue weighted by Crippen LogP contribution is -2.61. The number of rotatable bonds is 7. The first kappa shape index (κ1) is 25.7. The number of likely N-dealkylation sites (N-methyl/N-ethyl adjacent to an activating group) is 1. The molecule has 0 fully saturated rings. The number of fused-ring (bicyclic) bond motifs is 4. The standard InChI is InChI=1S/C28H28BrF2N3O3/c1-27(2)21-9-8-17(12-29)10-22(21)33(3)28(27)16-32-25-20-7-5-4-6-18(20)11-19(26(25)37-28)13-34(14-23(30)35)15-24(31)36/h5,7-11,16H,4,6,12-15H2,1-3H3. The Kier molecular flexibility index (Phi) is 6.56. The predicted molar refractivity (Wildman–Crippen MR) is 143 cm³/mol. The molecule has 5 rings (SSSR count). The minimum absolute atomic E-state index is 0.0406. The summed E-state index contributed by atoms with van der Waals surface area (Å²) in [6, 6.07) is 5.00. The number of hydrogen-bond donors (Lipinski definition) is 0. The summed E-state index contributed by atoms with van der Waals surface area (Å²) in [4.78, 5) is 30.7. The summed E-state index contributed by atoms with van der Waals surface area (Å²) in [5, 5.41) is 0.721. The number of halogens is 3. The normalized spacial score (nSPS) is 20.6. The van der Waals surface area contributed by atoms with Crippen LogP contribution in [0.5, 0.6) is 5.75 Å². The van der Waals surface area contributed by atoms with E-state index in [1.54, 1.807) is 0 Å². The molecule has 0 N–H and O–H groups in total. The van der Waals surface area contributed by atoms with Gasteiger partial charge >= 0.3 is 12.1 Å². The molecule has 0 saturated carbocycles. The monoisotopic (exact) mass is 571 g/mol. The number of allylic oxidation sites excluding steroid dienone is 1. The van der Waals surface area contributed by atoms with Gasteiger partial charge in [-0.05, 0) is 49.4 Å². The van der Waals surface area contributed by atoms with E-state index in [1.807, 2.05) is 25.4 Å². The summed E-state index contributed by atoms with van der Waals surface area (Å²) in [6.45, 7) is 2.78. The fourth-order valence-electron chi connectivity index (χ4n) is 5.77. The van der Waals surface area contributed by atoms with Crippen molar-refractivity contribution in [3.05, 3.63) is 58.2 Å². The highest BCUT2D eigenvalue weighted by Gasteiger charge is 2.59. The van der Waals surface area contributed by atoms with Crippen LogP contribution >= 0.6 is 15.9 Å². The Labute approximate surface area is 223 Å². The van der Waals surface area contributed by atoms with E-state index >= 15 is 0 Å². The molecule has 194 valence electrons. The quantitative estimate of drug-likeness (QED) is 0.322. The zero-order valence-electron chi connectivity index (χ0n) is 21.0. The second-order valence-electron chi connectivity index (χ2n) is 10.3. The Hall–Kier alpha value is -2.91. The largest absolute Gasteiger partial charge is 0.459 e. The maximum Gasteiger partial charge on any atom is 0.315 e. The average Bonchev–Trinajstić information content (AvgIpc) is 3.01. The summed E-state index contributed by atoms with van der Waals surface area (Å²) in [6.07, 6.45) is 7.60. The van der Waals surface area contributed by atoms with E-state index in [0.29, 0.717) is 17.0 Å². The molecule has 0 saturated heterocycles. The first-order valence-electron chi connectivity index (χ1n) is 12.2. The zero-order valence-corrected chi connectivity index (χ0v) is 22.6. The van der Waals surface area contributed by atoms with Gasteiger partial charge in [0.1, 0.15) is 5.69 Å². The molecule has 2 aromatic rings. The SMILES string of the molecule is CN1c2cc(CBr)ccc2C(C)(C)C12C=Nc1c3c(cc(CN(CC(=O)F)CC(=O)F)c1O2)CCC=C3. The highest BCUT2D eigenvalue weighted by Crippen LogP contribution is 2.55. The number of anilines is 1. The maximum absolute atomic E-state index is 13.3. The van der Waals surface area contributed by atoms with Crippen molar-refractivity contribution < 1.29 is 23.1 Å². The van der Waals surface area contributed by atoms with Crippen LogP contribution in [0, 0.1) is 0 Å². The first-order chi connectivity index (χ1) is 17.6. The molecule has 0 amide bonds. The number of carbonyl (C=O) groups excluding carboxylic acids is 2. The van der Waals surface area contributed by atoms with E-state index in [0.717, 1.165) is 51.0 Å². The van der Waals surface area contributed by atoms with Gasteiger partial charge in [0.05, 0.1) is 24.7 Å². The molecule has 2 aromatic carbocycles. The molecule has 1 spiro atoms. The second kappa shape index (κ2) is 9.44. The number of aliphatic imine (C=N–C) groups is 1. The zero-order chi connectivity index (χ0) is 26.5. The number of hydrogen-bond acceptors (Lipinski definition) is 6. The van der Waals surface area contributed by atoms with Crippen molar-refractivity contribution in [1.82, 2.24) is 4.90 Å². The molecule has 9 heteroatoms. The van der Waals surface area contributed by atoms with Crippen molar-refractivity contribution in [2.45, 2.75) is 49.7 Å². The summed E-state index contributed by atoms with van der Waals surface area (Å²) in [5.74, 6) is 0.490. The van der Waals surface area contributed by atoms with E-state index in [1.165, 1.54) is 0 Å². The fourth-order valence-corrected chi connectivity index (χ4v) is 6.12. The number of ether oxygens (including phenoxy) is 1. The number of carbonyl (C=O) groups is 2. The molecule has 2 aliphatic heterocycles. The average molecular weight is 572 g/mol. The summed E-state index contributed by atoms with van der Waals surface area (Å²) < 4.78 is 33.6. The van der Waals surface area contributed by atoms with Crippen LogP contribution in [0.25, 0.3) is 6.08 Å². The van der Waals surface area contributed by atoms with E-state index in [-0.39, 0.29) is 6.54 Å². The Morgan fingerprint density at radius 2 is 1.92 bits per heavy atom. The van der Waals surface area contributed by atoms with E-state index in [4.69, 9.17) is 9.73 Å². The van der Waals surface area contributed by atoms with Gasteiger partial charge in [0.25, 0.3) is 0 Å². The van der Waals surface area contributed by atoms with Gasteiger partial charge in [-0.25, -0.2) is 0 Å². The third kappa shape index (κ3) is 4.22. The molecule has 2 heterocycles. The topological polar surface area (TPSA) is 62.2 Å². The minimum atomic E-state index is -1.64. The molecule has 1 unspecified atom stereocenters. The summed E-state index contributed by atoms with van der Waals surface area (Å²) in [5.41, 5.74) is 5.07. The minimum Gasteiger partial charge on any atom is -0.459 e. The van der Waals surface area contributed by atoms with Gasteiger partial charge in [-0.15, -0.1) is 0 Å². The fraction of sp³-hybridized carbons (Fsp3) is 0.393. The number of alkyl halides is 1. The van der Waals surface area contributed by atoms with E-state index in [2.05, 4.69) is 59.0 Å². The number of aryl methyl sites for hydroxylation is 1. The molecule has 0 radical (unpaired) electrons. The molecule has 6 nitrogen and oxygen atoms in total. The van der Waals surface area contributed by atoms with Gasteiger partial charge in [0, 0.05) is 35.7 Å². The molecule has 37 heavy (non-hydrogen) atoms. The Morgan fingerprint density at radius 1 is 1.19 bits per heavy atom. The Morgan fingerprint density at radius 3 is 2.59 bits per heavy atom. The summed E-state index contributed by atoms with van der Waals surface area (Å²) in [7, 11) is 1.97.